The highest BCUT2D eigenvalue weighted by atomic mass is 16.5. The minimum atomic E-state index is -0.216. The molecule has 0 unspecified atom stereocenters. The predicted molar refractivity (Wildman–Crippen MR) is 71.3 cm³/mol. The van der Waals surface area contributed by atoms with E-state index in [0.29, 0.717) is 16.8 Å². The molecular formula is C15H13NO3. The maximum atomic E-state index is 12.5. The third-order valence-corrected chi connectivity index (χ3v) is 3.64. The molecule has 0 amide bonds. The van der Waals surface area contributed by atoms with Gasteiger partial charge in [0.05, 0.1) is 12.7 Å². The number of rotatable bonds is 1. The molecular weight excluding hydrogens is 242 g/mol. The van der Waals surface area contributed by atoms with Crippen molar-refractivity contribution in [2.24, 2.45) is 7.05 Å². The Bertz CT molecular complexity index is 765. The van der Waals surface area contributed by atoms with Crippen molar-refractivity contribution in [1.82, 2.24) is 4.57 Å². The van der Waals surface area contributed by atoms with Crippen LogP contribution in [0.4, 0.5) is 0 Å². The second-order valence-electron chi connectivity index (χ2n) is 4.62. The minimum Gasteiger partial charge on any atom is -0.492 e. The smallest absolute Gasteiger partial charge is 0.230 e. The van der Waals surface area contributed by atoms with Crippen molar-refractivity contribution in [2.45, 2.75) is 6.92 Å². The molecule has 0 saturated carbocycles. The Balaban J connectivity index is 2.45. The van der Waals surface area contributed by atoms with Crippen molar-refractivity contribution in [2.75, 3.05) is 7.11 Å². The predicted octanol–water partition coefficient (Wildman–Crippen LogP) is 2.48. The van der Waals surface area contributed by atoms with E-state index in [1.165, 1.54) is 7.11 Å². The van der Waals surface area contributed by atoms with Crippen LogP contribution in [0.15, 0.2) is 35.6 Å². The third kappa shape index (κ3) is 1.34. The van der Waals surface area contributed by atoms with Crippen LogP contribution >= 0.6 is 0 Å². The molecule has 2 aromatic rings. The molecule has 4 heteroatoms. The van der Waals surface area contributed by atoms with Gasteiger partial charge in [-0.1, -0.05) is 18.2 Å². The van der Waals surface area contributed by atoms with Crippen LogP contribution in [0.3, 0.4) is 0 Å². The van der Waals surface area contributed by atoms with Crippen LogP contribution in [0, 0.1) is 0 Å². The summed E-state index contributed by atoms with van der Waals surface area (Å²) in [5.74, 6) is -0.217. The number of para-hydroxylation sites is 1. The molecule has 0 radical (unpaired) electrons. The molecule has 1 aliphatic rings. The number of hydrogen-bond donors (Lipinski definition) is 0. The van der Waals surface area contributed by atoms with E-state index in [-0.39, 0.29) is 17.3 Å². The van der Waals surface area contributed by atoms with Crippen LogP contribution in [0.5, 0.6) is 0 Å². The Morgan fingerprint density at radius 3 is 2.47 bits per heavy atom. The van der Waals surface area contributed by atoms with Crippen LogP contribution in [0.2, 0.25) is 0 Å². The van der Waals surface area contributed by atoms with Crippen LogP contribution in [0.25, 0.3) is 10.9 Å². The van der Waals surface area contributed by atoms with Gasteiger partial charge in [-0.15, -0.1) is 0 Å². The van der Waals surface area contributed by atoms with Gasteiger partial charge in [0.1, 0.15) is 5.69 Å². The molecule has 4 nitrogen and oxygen atoms in total. The van der Waals surface area contributed by atoms with Crippen LogP contribution in [-0.2, 0) is 11.8 Å². The standard InChI is InChI=1S/C15H13NO3/c1-8-13(17)12-11(14(18)15(8)19-3)9-6-4-5-7-10(9)16(12)2/h4-7H,1-3H3. The summed E-state index contributed by atoms with van der Waals surface area (Å²) in [5, 5.41) is 0.792. The number of allylic oxidation sites excluding steroid dienone is 2. The zero-order chi connectivity index (χ0) is 13.7. The van der Waals surface area contributed by atoms with E-state index < -0.39 is 0 Å². The molecule has 0 atom stereocenters. The Kier molecular flexibility index (Phi) is 2.35. The Morgan fingerprint density at radius 1 is 1.11 bits per heavy atom. The summed E-state index contributed by atoms with van der Waals surface area (Å²) in [6.45, 7) is 1.62. The van der Waals surface area contributed by atoms with Crippen molar-refractivity contribution in [3.8, 4) is 0 Å². The fourth-order valence-electron chi connectivity index (χ4n) is 2.70. The number of aryl methyl sites for hydroxylation is 1. The summed E-state index contributed by atoms with van der Waals surface area (Å²) in [6.07, 6.45) is 0. The Labute approximate surface area is 110 Å². The Hall–Kier alpha value is -2.36. The van der Waals surface area contributed by atoms with Gasteiger partial charge in [0, 0.05) is 23.5 Å². The summed E-state index contributed by atoms with van der Waals surface area (Å²) in [6, 6.07) is 7.50. The first-order valence-corrected chi connectivity index (χ1v) is 5.99. The van der Waals surface area contributed by atoms with Crippen LogP contribution in [0.1, 0.15) is 27.8 Å². The van der Waals surface area contributed by atoms with Crippen LogP contribution < -0.4 is 0 Å². The van der Waals surface area contributed by atoms with Gasteiger partial charge in [0.2, 0.25) is 11.6 Å². The lowest BCUT2D eigenvalue weighted by Gasteiger charge is -2.16. The number of methoxy groups -OCH3 is 1. The zero-order valence-electron chi connectivity index (χ0n) is 11.0. The van der Waals surface area contributed by atoms with E-state index in [4.69, 9.17) is 4.74 Å². The van der Waals surface area contributed by atoms with Gasteiger partial charge < -0.3 is 9.30 Å². The van der Waals surface area contributed by atoms with E-state index in [2.05, 4.69) is 0 Å². The second-order valence-corrected chi connectivity index (χ2v) is 4.62. The first-order valence-electron chi connectivity index (χ1n) is 5.99. The van der Waals surface area contributed by atoms with Crippen molar-refractivity contribution in [3.63, 3.8) is 0 Å². The molecule has 1 aromatic heterocycles. The largest absolute Gasteiger partial charge is 0.492 e. The van der Waals surface area contributed by atoms with Gasteiger partial charge in [0.15, 0.2) is 5.76 Å². The summed E-state index contributed by atoms with van der Waals surface area (Å²) >= 11 is 0. The molecule has 1 heterocycles. The topological polar surface area (TPSA) is 48.3 Å². The molecule has 0 saturated heterocycles. The molecule has 3 rings (SSSR count). The van der Waals surface area contributed by atoms with Gasteiger partial charge in [-0.25, -0.2) is 0 Å². The van der Waals surface area contributed by atoms with Crippen molar-refractivity contribution in [3.05, 3.63) is 46.9 Å². The second kappa shape index (κ2) is 3.82. The number of Topliss-reactive ketones (excluding diaryl/α,β-unsaturated/α-hetero) is 2. The molecule has 0 N–H and O–H groups in total. The van der Waals surface area contributed by atoms with Gasteiger partial charge in [-0.05, 0) is 13.0 Å². The number of ether oxygens (including phenoxy) is 1. The maximum absolute atomic E-state index is 12.5. The monoisotopic (exact) mass is 255 g/mol. The lowest BCUT2D eigenvalue weighted by molar-refractivity contribution is 0.0904. The maximum Gasteiger partial charge on any atom is 0.230 e. The fourth-order valence-corrected chi connectivity index (χ4v) is 2.70. The number of carbonyl (C=O) groups is 2. The molecule has 0 spiro atoms. The molecule has 0 aliphatic heterocycles. The Morgan fingerprint density at radius 2 is 1.79 bits per heavy atom. The molecule has 96 valence electrons. The van der Waals surface area contributed by atoms with Crippen molar-refractivity contribution < 1.29 is 14.3 Å². The number of hydrogen-bond acceptors (Lipinski definition) is 3. The summed E-state index contributed by atoms with van der Waals surface area (Å²) in [7, 11) is 3.22. The zero-order valence-corrected chi connectivity index (χ0v) is 11.0. The number of fused-ring (bicyclic) bond motifs is 3. The number of nitrogens with zero attached hydrogens (tertiary/aromatic N) is 1. The lowest BCUT2D eigenvalue weighted by Crippen LogP contribution is -2.23. The molecule has 1 aromatic carbocycles. The first-order chi connectivity index (χ1) is 9.07. The van der Waals surface area contributed by atoms with Crippen LogP contribution in [-0.4, -0.2) is 23.2 Å². The molecule has 1 aliphatic carbocycles. The van der Waals surface area contributed by atoms with Gasteiger partial charge in [-0.2, -0.15) is 0 Å². The third-order valence-electron chi connectivity index (χ3n) is 3.64. The minimum absolute atomic E-state index is 0.147. The summed E-state index contributed by atoms with van der Waals surface area (Å²) < 4.78 is 6.88. The number of benzene rings is 1. The van der Waals surface area contributed by atoms with Gasteiger partial charge in [-0.3, -0.25) is 9.59 Å². The normalized spacial score (nSPS) is 15.1. The van der Waals surface area contributed by atoms with Crippen molar-refractivity contribution in [1.29, 1.82) is 0 Å². The highest BCUT2D eigenvalue weighted by Gasteiger charge is 2.35. The quantitative estimate of drug-likeness (QED) is 0.786. The average Bonchev–Trinajstić information content (AvgIpc) is 2.71. The highest BCUT2D eigenvalue weighted by Crippen LogP contribution is 2.33. The number of aromatic nitrogens is 1. The summed E-state index contributed by atoms with van der Waals surface area (Å²) in [4.78, 5) is 24.9. The SMILES string of the molecule is COC1=C(C)C(=O)c2c(c3ccccc3n2C)C1=O. The summed E-state index contributed by atoms with van der Waals surface area (Å²) in [5.41, 5.74) is 2.14. The fraction of sp³-hybridized carbons (Fsp3) is 0.200. The van der Waals surface area contributed by atoms with E-state index in [9.17, 15) is 9.59 Å². The lowest BCUT2D eigenvalue weighted by atomic mass is 9.92. The van der Waals surface area contributed by atoms with E-state index in [0.717, 1.165) is 10.9 Å². The van der Waals surface area contributed by atoms with E-state index in [1.807, 2.05) is 24.3 Å². The first kappa shape index (κ1) is 11.7. The molecule has 19 heavy (non-hydrogen) atoms. The van der Waals surface area contributed by atoms with Gasteiger partial charge >= 0.3 is 0 Å². The van der Waals surface area contributed by atoms with E-state index in [1.54, 1.807) is 18.5 Å². The molecule has 0 fully saturated rings. The highest BCUT2D eigenvalue weighted by molar-refractivity contribution is 6.30. The van der Waals surface area contributed by atoms with E-state index >= 15 is 0 Å². The number of carbonyl (C=O) groups excluding carboxylic acids is 2. The molecule has 0 bridgehead atoms. The average molecular weight is 255 g/mol. The van der Waals surface area contributed by atoms with Crippen molar-refractivity contribution >= 4 is 22.5 Å². The number of ketones is 2. The van der Waals surface area contributed by atoms with Gasteiger partial charge in [0.25, 0.3) is 0 Å².